The van der Waals surface area contributed by atoms with Crippen molar-refractivity contribution < 1.29 is 30.2 Å². The molecule has 19 heavy (non-hydrogen) atoms. The summed E-state index contributed by atoms with van der Waals surface area (Å²) in [4.78, 5) is 0.535. The average Bonchev–Trinajstić information content (AvgIpc) is 2.65. The van der Waals surface area contributed by atoms with Gasteiger partial charge >= 0.3 is 5.51 Å². The van der Waals surface area contributed by atoms with Crippen molar-refractivity contribution in [3.63, 3.8) is 0 Å². The lowest BCUT2D eigenvalue weighted by atomic mass is 10.1. The summed E-state index contributed by atoms with van der Waals surface area (Å²) in [6, 6.07) is 7.11. The van der Waals surface area contributed by atoms with Gasteiger partial charge in [0.1, 0.15) is 0 Å². The molecular formula is C14H16BrF3S. The van der Waals surface area contributed by atoms with Crippen LogP contribution in [0, 0.1) is 0 Å². The third-order valence-electron chi connectivity index (χ3n) is 3.01. The Morgan fingerprint density at radius 1 is 1.11 bits per heavy atom. The van der Waals surface area contributed by atoms with Gasteiger partial charge in [0, 0.05) is 17.9 Å². The molecule has 1 heterocycles. The van der Waals surface area contributed by atoms with E-state index < -0.39 is 16.0 Å². The number of hydrogen-bond donors (Lipinski definition) is 0. The van der Waals surface area contributed by atoms with Crippen LogP contribution in [0.1, 0.15) is 30.7 Å². The maximum absolute atomic E-state index is 13.2. The SMILES string of the molecule is CCCc1cc2cc(CC)ccc2[s+]1C(F)(F)F.[Br-]. The third kappa shape index (κ3) is 3.31. The quantitative estimate of drug-likeness (QED) is 0.745. The van der Waals surface area contributed by atoms with Crippen molar-refractivity contribution in [3.05, 3.63) is 34.7 Å². The highest BCUT2D eigenvalue weighted by molar-refractivity contribution is 7.38. The Morgan fingerprint density at radius 2 is 1.79 bits per heavy atom. The Morgan fingerprint density at radius 3 is 2.32 bits per heavy atom. The number of rotatable bonds is 3. The predicted octanol–water partition coefficient (Wildman–Crippen LogP) is 2.58. The monoisotopic (exact) mass is 352 g/mol. The molecule has 1 atom stereocenters. The van der Waals surface area contributed by atoms with Crippen LogP contribution in [0.3, 0.4) is 0 Å². The van der Waals surface area contributed by atoms with Gasteiger partial charge in [0.2, 0.25) is 0 Å². The molecule has 0 bridgehead atoms. The van der Waals surface area contributed by atoms with Crippen LogP contribution in [0.2, 0.25) is 0 Å². The highest BCUT2D eigenvalue weighted by atomic mass is 79.9. The van der Waals surface area contributed by atoms with Gasteiger partial charge in [-0.25, -0.2) is 0 Å². The van der Waals surface area contributed by atoms with Crippen molar-refractivity contribution in [2.24, 2.45) is 0 Å². The van der Waals surface area contributed by atoms with Gasteiger partial charge in [0.15, 0.2) is 9.58 Å². The van der Waals surface area contributed by atoms with E-state index in [0.29, 0.717) is 16.0 Å². The summed E-state index contributed by atoms with van der Waals surface area (Å²) in [5.41, 5.74) is -3.06. The molecule has 0 saturated heterocycles. The molecule has 0 aliphatic rings. The first-order valence-electron chi connectivity index (χ1n) is 6.12. The van der Waals surface area contributed by atoms with Crippen LogP contribution in [0.25, 0.3) is 10.1 Å². The third-order valence-corrected chi connectivity index (χ3v) is 5.13. The smallest absolute Gasteiger partial charge is 0.600 e. The van der Waals surface area contributed by atoms with Crippen molar-refractivity contribution in [2.45, 2.75) is 38.6 Å². The molecule has 0 radical (unpaired) electrons. The van der Waals surface area contributed by atoms with Crippen molar-refractivity contribution in [2.75, 3.05) is 0 Å². The van der Waals surface area contributed by atoms with Gasteiger partial charge in [0.05, 0.1) is 10.5 Å². The number of thiophene rings is 1. The van der Waals surface area contributed by atoms with Crippen LogP contribution in [-0.4, -0.2) is 0 Å². The first-order chi connectivity index (χ1) is 8.47. The molecule has 1 unspecified atom stereocenters. The Kier molecular flexibility index (Phi) is 5.44. The second-order valence-corrected chi connectivity index (χ2v) is 6.38. The number of halogens is 4. The van der Waals surface area contributed by atoms with E-state index in [-0.39, 0.29) is 17.0 Å². The maximum atomic E-state index is 13.2. The molecule has 1 aromatic heterocycles. The average molecular weight is 353 g/mol. The van der Waals surface area contributed by atoms with E-state index in [1.807, 2.05) is 26.0 Å². The van der Waals surface area contributed by atoms with Gasteiger partial charge in [0.25, 0.3) is 0 Å². The number of alkyl halides is 3. The first kappa shape index (κ1) is 16.5. The van der Waals surface area contributed by atoms with Crippen LogP contribution in [-0.2, 0) is 18.3 Å². The van der Waals surface area contributed by atoms with Gasteiger partial charge in [-0.1, -0.05) is 19.9 Å². The molecule has 0 nitrogen and oxygen atoms in total. The lowest BCUT2D eigenvalue weighted by molar-refractivity contribution is -0.0867. The minimum atomic E-state index is -4.15. The molecular weight excluding hydrogens is 337 g/mol. The summed E-state index contributed by atoms with van der Waals surface area (Å²) in [6.07, 6.45) is 2.13. The zero-order valence-corrected chi connectivity index (χ0v) is 13.3. The minimum Gasteiger partial charge on any atom is -1.00 e. The Labute approximate surface area is 124 Å². The maximum Gasteiger partial charge on any atom is 0.600 e. The minimum absolute atomic E-state index is 0. The lowest BCUT2D eigenvalue weighted by Crippen LogP contribution is -3.00. The van der Waals surface area contributed by atoms with Gasteiger partial charge in [-0.05, 0) is 30.5 Å². The number of hydrogen-bond acceptors (Lipinski definition) is 0. The summed E-state index contributed by atoms with van der Waals surface area (Å²) < 4.78 is 39.9. The zero-order chi connectivity index (χ0) is 13.3. The van der Waals surface area contributed by atoms with Crippen molar-refractivity contribution >= 4 is 20.6 Å². The van der Waals surface area contributed by atoms with Gasteiger partial charge in [-0.15, -0.1) is 13.2 Å². The second-order valence-electron chi connectivity index (χ2n) is 4.34. The van der Waals surface area contributed by atoms with Crippen molar-refractivity contribution in [3.8, 4) is 0 Å². The van der Waals surface area contributed by atoms with E-state index in [4.69, 9.17) is 0 Å². The molecule has 0 saturated carbocycles. The highest BCUT2D eigenvalue weighted by Crippen LogP contribution is 2.51. The van der Waals surface area contributed by atoms with Crippen LogP contribution in [0.5, 0.6) is 0 Å². The van der Waals surface area contributed by atoms with Crippen LogP contribution < -0.4 is 17.0 Å². The fourth-order valence-corrected chi connectivity index (χ4v) is 4.22. The largest absolute Gasteiger partial charge is 1.00 e. The van der Waals surface area contributed by atoms with E-state index in [9.17, 15) is 13.2 Å². The Hall–Kier alpha value is -0.550. The summed E-state index contributed by atoms with van der Waals surface area (Å²) in [5, 5.41) is 0.762. The van der Waals surface area contributed by atoms with E-state index in [1.165, 1.54) is 0 Å². The topological polar surface area (TPSA) is 0 Å². The molecule has 2 aromatic rings. The molecule has 0 fully saturated rings. The summed E-state index contributed by atoms with van der Waals surface area (Å²) >= 11 is 0. The molecule has 0 aliphatic heterocycles. The van der Waals surface area contributed by atoms with Crippen molar-refractivity contribution in [1.29, 1.82) is 0 Å². The molecule has 5 heteroatoms. The summed E-state index contributed by atoms with van der Waals surface area (Å²) in [6.45, 7) is 3.93. The fourth-order valence-electron chi connectivity index (χ4n) is 2.18. The molecule has 2 rings (SSSR count). The van der Waals surface area contributed by atoms with Gasteiger partial charge < -0.3 is 17.0 Å². The molecule has 0 N–H and O–H groups in total. The summed E-state index contributed by atoms with van der Waals surface area (Å²) in [5.74, 6) is 0. The lowest BCUT2D eigenvalue weighted by Gasteiger charge is -1.99. The van der Waals surface area contributed by atoms with Gasteiger partial charge in [-0.2, -0.15) is 0 Å². The number of fused-ring (bicyclic) bond motifs is 1. The van der Waals surface area contributed by atoms with E-state index in [1.54, 1.807) is 12.1 Å². The standard InChI is InChI=1S/C14H16F3S.BrH/c1-3-5-12-9-11-8-10(4-2)6-7-13(11)18(12)14(15,16)17;/h6-9H,3-5H2,1-2H3;1H/q+1;/p-1. The van der Waals surface area contributed by atoms with Gasteiger partial charge in [-0.3, -0.25) is 0 Å². The van der Waals surface area contributed by atoms with E-state index in [2.05, 4.69) is 0 Å². The number of aryl methyl sites for hydroxylation is 2. The molecule has 106 valence electrons. The first-order valence-corrected chi connectivity index (χ1v) is 7.34. The molecule has 0 spiro atoms. The van der Waals surface area contributed by atoms with Crippen molar-refractivity contribution in [1.82, 2.24) is 0 Å². The van der Waals surface area contributed by atoms with Crippen LogP contribution in [0.4, 0.5) is 13.2 Å². The normalized spacial score (nSPS) is 12.6. The van der Waals surface area contributed by atoms with E-state index in [0.717, 1.165) is 23.8 Å². The van der Waals surface area contributed by atoms with Crippen LogP contribution in [0.15, 0.2) is 24.3 Å². The molecule has 1 aromatic carbocycles. The van der Waals surface area contributed by atoms with E-state index >= 15 is 0 Å². The highest BCUT2D eigenvalue weighted by Gasteiger charge is 2.47. The zero-order valence-electron chi connectivity index (χ0n) is 10.9. The fraction of sp³-hybridized carbons (Fsp3) is 0.429. The summed E-state index contributed by atoms with van der Waals surface area (Å²) in [7, 11) is -1.71. The molecule has 0 aliphatic carbocycles. The Balaban J connectivity index is 0.00000180. The molecule has 0 amide bonds. The Bertz CT molecular complexity index is 558. The predicted molar refractivity (Wildman–Crippen MR) is 71.1 cm³/mol. The number of benzene rings is 1. The van der Waals surface area contributed by atoms with Crippen LogP contribution >= 0.6 is 10.5 Å². The second kappa shape index (κ2) is 6.27.